The van der Waals surface area contributed by atoms with Gasteiger partial charge in [0.1, 0.15) is 5.15 Å². The summed E-state index contributed by atoms with van der Waals surface area (Å²) < 4.78 is 0. The summed E-state index contributed by atoms with van der Waals surface area (Å²) in [6.07, 6.45) is 0. The van der Waals surface area contributed by atoms with Gasteiger partial charge in [-0.2, -0.15) is 0 Å². The fourth-order valence-corrected chi connectivity index (χ4v) is 2.62. The maximum atomic E-state index is 12.3. The highest BCUT2D eigenvalue weighted by atomic mass is 35.5. The van der Waals surface area contributed by atoms with Crippen LogP contribution in [0.25, 0.3) is 0 Å². The van der Waals surface area contributed by atoms with Gasteiger partial charge < -0.3 is 5.32 Å². The van der Waals surface area contributed by atoms with E-state index in [-0.39, 0.29) is 11.1 Å². The number of pyridine rings is 1. The molecule has 0 aliphatic carbocycles. The molecule has 1 heterocycles. The number of hydrogen-bond donors (Lipinski definition) is 1. The standard InChI is InChI=1S/C15H14Cl2N2O/c1-8-4-9(2)6-11(5-8)15(20)19-13-10(3)7-12(16)18-14(13)17/h4-7H,1-3H3,(H,19,20). The molecule has 2 aromatic rings. The molecule has 0 saturated heterocycles. The number of nitrogens with one attached hydrogen (secondary N) is 1. The van der Waals surface area contributed by atoms with Gasteiger partial charge in [-0.25, -0.2) is 4.98 Å². The number of hydrogen-bond acceptors (Lipinski definition) is 2. The van der Waals surface area contributed by atoms with E-state index >= 15 is 0 Å². The van der Waals surface area contributed by atoms with Gasteiger partial charge >= 0.3 is 0 Å². The van der Waals surface area contributed by atoms with Crippen LogP contribution >= 0.6 is 23.2 Å². The summed E-state index contributed by atoms with van der Waals surface area (Å²) >= 11 is 11.8. The Morgan fingerprint density at radius 3 is 2.20 bits per heavy atom. The number of aryl methyl sites for hydroxylation is 3. The minimum absolute atomic E-state index is 0.188. The molecular weight excluding hydrogens is 295 g/mol. The maximum absolute atomic E-state index is 12.3. The first-order valence-corrected chi connectivity index (χ1v) is 6.84. The first kappa shape index (κ1) is 14.8. The topological polar surface area (TPSA) is 42.0 Å². The first-order valence-electron chi connectivity index (χ1n) is 6.09. The molecule has 0 radical (unpaired) electrons. The summed E-state index contributed by atoms with van der Waals surface area (Å²) in [6, 6.07) is 7.33. The van der Waals surface area contributed by atoms with Crippen LogP contribution in [-0.4, -0.2) is 10.9 Å². The Balaban J connectivity index is 2.32. The van der Waals surface area contributed by atoms with Gasteiger partial charge in [0.2, 0.25) is 0 Å². The van der Waals surface area contributed by atoms with E-state index in [9.17, 15) is 4.79 Å². The number of amides is 1. The lowest BCUT2D eigenvalue weighted by atomic mass is 10.1. The van der Waals surface area contributed by atoms with Gasteiger partial charge in [-0.15, -0.1) is 0 Å². The van der Waals surface area contributed by atoms with E-state index in [4.69, 9.17) is 23.2 Å². The third-order valence-corrected chi connectivity index (χ3v) is 3.33. The molecule has 0 aliphatic rings. The molecule has 3 nitrogen and oxygen atoms in total. The Labute approximate surface area is 127 Å². The molecule has 1 N–H and O–H groups in total. The lowest BCUT2D eigenvalue weighted by molar-refractivity contribution is 0.102. The second-order valence-electron chi connectivity index (χ2n) is 4.76. The van der Waals surface area contributed by atoms with Crippen LogP contribution < -0.4 is 5.32 Å². The molecule has 2 rings (SSSR count). The van der Waals surface area contributed by atoms with Crippen molar-refractivity contribution in [2.45, 2.75) is 20.8 Å². The normalized spacial score (nSPS) is 10.4. The lowest BCUT2D eigenvalue weighted by Crippen LogP contribution is -2.14. The van der Waals surface area contributed by atoms with Crippen molar-refractivity contribution in [1.82, 2.24) is 4.98 Å². The van der Waals surface area contributed by atoms with Gasteiger partial charge in [0.05, 0.1) is 5.69 Å². The van der Waals surface area contributed by atoms with Gasteiger partial charge in [-0.1, -0.05) is 40.4 Å². The van der Waals surface area contributed by atoms with Crippen molar-refractivity contribution in [3.63, 3.8) is 0 Å². The van der Waals surface area contributed by atoms with Crippen LogP contribution in [-0.2, 0) is 0 Å². The van der Waals surface area contributed by atoms with Gasteiger partial charge in [0.25, 0.3) is 5.91 Å². The Morgan fingerprint density at radius 1 is 1.05 bits per heavy atom. The largest absolute Gasteiger partial charge is 0.319 e. The molecule has 0 unspecified atom stereocenters. The monoisotopic (exact) mass is 308 g/mol. The summed E-state index contributed by atoms with van der Waals surface area (Å²) in [5.41, 5.74) is 3.92. The molecule has 1 aromatic carbocycles. The minimum Gasteiger partial charge on any atom is -0.319 e. The number of rotatable bonds is 2. The minimum atomic E-state index is -0.217. The number of nitrogens with zero attached hydrogens (tertiary/aromatic N) is 1. The van der Waals surface area contributed by atoms with E-state index in [1.807, 2.05) is 39.0 Å². The highest BCUT2D eigenvalue weighted by Crippen LogP contribution is 2.27. The molecule has 1 amide bonds. The summed E-state index contributed by atoms with van der Waals surface area (Å²) in [5.74, 6) is -0.217. The predicted molar refractivity (Wildman–Crippen MR) is 82.9 cm³/mol. The highest BCUT2D eigenvalue weighted by Gasteiger charge is 2.13. The zero-order valence-electron chi connectivity index (χ0n) is 11.4. The summed E-state index contributed by atoms with van der Waals surface area (Å²) in [7, 11) is 0. The average molecular weight is 309 g/mol. The van der Waals surface area contributed by atoms with Crippen LogP contribution in [0.1, 0.15) is 27.0 Å². The van der Waals surface area contributed by atoms with Gasteiger partial charge in [0, 0.05) is 5.56 Å². The summed E-state index contributed by atoms with van der Waals surface area (Å²) in [4.78, 5) is 16.2. The van der Waals surface area contributed by atoms with E-state index in [0.717, 1.165) is 16.7 Å². The van der Waals surface area contributed by atoms with Crippen LogP contribution in [0.15, 0.2) is 24.3 Å². The average Bonchev–Trinajstić information content (AvgIpc) is 2.32. The molecule has 1 aromatic heterocycles. The molecule has 0 aliphatic heterocycles. The van der Waals surface area contributed by atoms with Crippen LogP contribution in [0.2, 0.25) is 10.3 Å². The maximum Gasteiger partial charge on any atom is 0.255 e. The van der Waals surface area contributed by atoms with Crippen molar-refractivity contribution in [1.29, 1.82) is 0 Å². The van der Waals surface area contributed by atoms with Crippen LogP contribution in [0.4, 0.5) is 5.69 Å². The van der Waals surface area contributed by atoms with E-state index in [0.29, 0.717) is 16.4 Å². The van der Waals surface area contributed by atoms with E-state index in [2.05, 4.69) is 10.3 Å². The molecule has 104 valence electrons. The van der Waals surface area contributed by atoms with Crippen LogP contribution in [0, 0.1) is 20.8 Å². The molecule has 0 spiro atoms. The predicted octanol–water partition coefficient (Wildman–Crippen LogP) is 4.57. The Kier molecular flexibility index (Phi) is 4.31. The van der Waals surface area contributed by atoms with Crippen molar-refractivity contribution in [2.75, 3.05) is 5.32 Å². The van der Waals surface area contributed by atoms with Gasteiger partial charge in [0.15, 0.2) is 5.15 Å². The first-order chi connectivity index (χ1) is 9.36. The van der Waals surface area contributed by atoms with Crippen molar-refractivity contribution < 1.29 is 4.79 Å². The van der Waals surface area contributed by atoms with E-state index in [1.165, 1.54) is 0 Å². The van der Waals surface area contributed by atoms with Crippen molar-refractivity contribution in [3.8, 4) is 0 Å². The molecule has 5 heteroatoms. The SMILES string of the molecule is Cc1cc(C)cc(C(=O)Nc2c(C)cc(Cl)nc2Cl)c1. The number of carbonyl (C=O) groups is 1. The number of halogens is 2. The van der Waals surface area contributed by atoms with Crippen molar-refractivity contribution >= 4 is 34.8 Å². The highest BCUT2D eigenvalue weighted by molar-refractivity contribution is 6.35. The van der Waals surface area contributed by atoms with Crippen molar-refractivity contribution in [3.05, 3.63) is 56.8 Å². The molecule has 0 saturated carbocycles. The second kappa shape index (κ2) is 5.81. The number of benzene rings is 1. The molecular formula is C15H14Cl2N2O. The Bertz CT molecular complexity index is 640. The summed E-state index contributed by atoms with van der Waals surface area (Å²) in [5, 5.41) is 3.27. The third kappa shape index (κ3) is 3.30. The van der Waals surface area contributed by atoms with Crippen molar-refractivity contribution in [2.24, 2.45) is 0 Å². The zero-order chi connectivity index (χ0) is 14.9. The molecule has 0 atom stereocenters. The Morgan fingerprint density at radius 2 is 1.65 bits per heavy atom. The van der Waals surface area contributed by atoms with Gasteiger partial charge in [-0.3, -0.25) is 4.79 Å². The number of anilines is 1. The fourth-order valence-electron chi connectivity index (χ4n) is 2.04. The smallest absolute Gasteiger partial charge is 0.255 e. The van der Waals surface area contributed by atoms with E-state index < -0.39 is 0 Å². The fraction of sp³-hybridized carbons (Fsp3) is 0.200. The van der Waals surface area contributed by atoms with Crippen LogP contribution in [0.5, 0.6) is 0 Å². The zero-order valence-corrected chi connectivity index (χ0v) is 12.9. The van der Waals surface area contributed by atoms with Gasteiger partial charge in [-0.05, 0) is 44.5 Å². The van der Waals surface area contributed by atoms with Crippen LogP contribution in [0.3, 0.4) is 0 Å². The van der Waals surface area contributed by atoms with E-state index in [1.54, 1.807) is 6.07 Å². The Hall–Kier alpha value is -1.58. The quantitative estimate of drug-likeness (QED) is 0.826. The number of aromatic nitrogens is 1. The third-order valence-electron chi connectivity index (χ3n) is 2.86. The second-order valence-corrected chi connectivity index (χ2v) is 5.50. The molecule has 20 heavy (non-hydrogen) atoms. The summed E-state index contributed by atoms with van der Waals surface area (Å²) in [6.45, 7) is 5.72. The molecule has 0 bridgehead atoms. The molecule has 0 fully saturated rings. The lowest BCUT2D eigenvalue weighted by Gasteiger charge is -2.11. The number of carbonyl (C=O) groups excluding carboxylic acids is 1.